The number of anilines is 4. The SMILES string of the molecule is FC1=C(N(c2ccccc2)c2ccc(-c3ccc(N(C4=C(F)C(F)(F)C(F)(F)C4(F)F)c4ccccc4)cc3)cc2)C(F)(F)C(F)(F)C1(F)F. The molecule has 2 aliphatic rings. The van der Waals surface area contributed by atoms with Gasteiger partial charge in [0, 0.05) is 22.7 Å². The fourth-order valence-electron chi connectivity index (χ4n) is 5.59. The highest BCUT2D eigenvalue weighted by Crippen LogP contribution is 2.63. The minimum absolute atomic E-state index is 0.178. The summed E-state index contributed by atoms with van der Waals surface area (Å²) in [5, 5.41) is 0. The Morgan fingerprint density at radius 1 is 0.320 bits per heavy atom. The molecule has 4 aromatic carbocycles. The van der Waals surface area contributed by atoms with Gasteiger partial charge in [0.2, 0.25) is 11.7 Å². The summed E-state index contributed by atoms with van der Waals surface area (Å²) >= 11 is 0. The molecular weight excluding hydrogens is 702 g/mol. The summed E-state index contributed by atoms with van der Waals surface area (Å²) in [5.41, 5.74) is -5.92. The number of hydrogen-bond acceptors (Lipinski definition) is 2. The predicted molar refractivity (Wildman–Crippen MR) is 155 cm³/mol. The van der Waals surface area contributed by atoms with E-state index in [2.05, 4.69) is 0 Å². The molecule has 0 saturated heterocycles. The van der Waals surface area contributed by atoms with Gasteiger partial charge in [-0.05, 0) is 59.7 Å². The zero-order chi connectivity index (χ0) is 36.7. The molecule has 0 N–H and O–H groups in total. The molecule has 0 fully saturated rings. The highest BCUT2D eigenvalue weighted by molar-refractivity contribution is 5.77. The van der Waals surface area contributed by atoms with Crippen molar-refractivity contribution in [3.05, 3.63) is 132 Å². The number of hydrogen-bond donors (Lipinski definition) is 0. The lowest BCUT2D eigenvalue weighted by Gasteiger charge is -2.31. The van der Waals surface area contributed by atoms with Crippen molar-refractivity contribution in [3.63, 3.8) is 0 Å². The van der Waals surface area contributed by atoms with Crippen LogP contribution >= 0.6 is 0 Å². The normalized spacial score (nSPS) is 21.0. The van der Waals surface area contributed by atoms with Crippen molar-refractivity contribution in [2.75, 3.05) is 9.80 Å². The lowest BCUT2D eigenvalue weighted by molar-refractivity contribution is -0.268. The molecule has 4 aromatic rings. The Bertz CT molecular complexity index is 1830. The van der Waals surface area contributed by atoms with Gasteiger partial charge in [-0.1, -0.05) is 60.7 Å². The van der Waals surface area contributed by atoms with Crippen LogP contribution in [0.15, 0.2) is 132 Å². The number of alkyl halides is 12. The highest BCUT2D eigenvalue weighted by atomic mass is 19.4. The molecule has 262 valence electrons. The van der Waals surface area contributed by atoms with Gasteiger partial charge in [-0.25, -0.2) is 8.78 Å². The smallest absolute Gasteiger partial charge is 0.306 e. The molecule has 2 nitrogen and oxygen atoms in total. The summed E-state index contributed by atoms with van der Waals surface area (Å²) in [7, 11) is 0. The molecule has 2 aliphatic carbocycles. The first kappa shape index (κ1) is 34.8. The second kappa shape index (κ2) is 11.3. The maximum atomic E-state index is 14.9. The van der Waals surface area contributed by atoms with Crippen molar-refractivity contribution in [2.45, 2.75) is 35.5 Å². The molecular formula is C34H18F14N2. The fourth-order valence-corrected chi connectivity index (χ4v) is 5.59. The summed E-state index contributed by atoms with van der Waals surface area (Å²) < 4.78 is 202. The van der Waals surface area contributed by atoms with E-state index in [1.54, 1.807) is 0 Å². The summed E-state index contributed by atoms with van der Waals surface area (Å²) in [6.07, 6.45) is 0. The van der Waals surface area contributed by atoms with E-state index in [4.69, 9.17) is 0 Å². The Labute approximate surface area is 273 Å². The van der Waals surface area contributed by atoms with Crippen LogP contribution in [0.3, 0.4) is 0 Å². The van der Waals surface area contributed by atoms with Gasteiger partial charge >= 0.3 is 35.5 Å². The quantitative estimate of drug-likeness (QED) is 0.175. The summed E-state index contributed by atoms with van der Waals surface area (Å²) in [4.78, 5) is 0.398. The zero-order valence-corrected chi connectivity index (χ0v) is 24.6. The molecule has 0 heterocycles. The summed E-state index contributed by atoms with van der Waals surface area (Å²) in [5.74, 6) is -41.4. The minimum Gasteiger partial charge on any atom is -0.306 e. The number of allylic oxidation sites excluding steroid dienone is 4. The van der Waals surface area contributed by atoms with Crippen molar-refractivity contribution in [1.29, 1.82) is 0 Å². The lowest BCUT2D eigenvalue weighted by Crippen LogP contribution is -2.50. The van der Waals surface area contributed by atoms with Gasteiger partial charge in [-0.2, -0.15) is 52.7 Å². The van der Waals surface area contributed by atoms with Crippen LogP contribution in [-0.4, -0.2) is 35.5 Å². The third-order valence-corrected chi connectivity index (χ3v) is 8.20. The van der Waals surface area contributed by atoms with E-state index in [0.29, 0.717) is 0 Å². The molecule has 0 radical (unpaired) electrons. The Hall–Kier alpha value is -5.02. The molecule has 0 bridgehead atoms. The van der Waals surface area contributed by atoms with E-state index in [9.17, 15) is 61.5 Å². The second-order valence-corrected chi connectivity index (χ2v) is 11.2. The molecule has 0 spiro atoms. The predicted octanol–water partition coefficient (Wildman–Crippen LogP) is 11.8. The van der Waals surface area contributed by atoms with E-state index in [1.165, 1.54) is 60.7 Å². The van der Waals surface area contributed by atoms with Gasteiger partial charge in [0.15, 0.2) is 0 Å². The first-order chi connectivity index (χ1) is 23.2. The molecule has 0 unspecified atom stereocenters. The van der Waals surface area contributed by atoms with Crippen LogP contribution in [0.4, 0.5) is 84.2 Å². The van der Waals surface area contributed by atoms with Gasteiger partial charge in [-0.15, -0.1) is 0 Å². The van der Waals surface area contributed by atoms with Crippen molar-refractivity contribution >= 4 is 22.7 Å². The number of rotatable bonds is 7. The average molecular weight is 721 g/mol. The van der Waals surface area contributed by atoms with E-state index >= 15 is 0 Å². The molecule has 0 aliphatic heterocycles. The molecule has 0 aromatic heterocycles. The highest BCUT2D eigenvalue weighted by Gasteiger charge is 2.83. The minimum atomic E-state index is -6.12. The Morgan fingerprint density at radius 2 is 0.580 bits per heavy atom. The van der Waals surface area contributed by atoms with Crippen molar-refractivity contribution in [3.8, 4) is 11.1 Å². The number of halogens is 14. The third kappa shape index (κ3) is 4.70. The second-order valence-electron chi connectivity index (χ2n) is 11.2. The van der Waals surface area contributed by atoms with Gasteiger partial charge in [0.05, 0.1) is 0 Å². The number of benzene rings is 4. The van der Waals surface area contributed by atoms with Crippen LogP contribution < -0.4 is 9.80 Å². The summed E-state index contributed by atoms with van der Waals surface area (Å²) in [6.45, 7) is 0. The number of para-hydroxylation sites is 2. The molecule has 0 amide bonds. The van der Waals surface area contributed by atoms with Crippen molar-refractivity contribution in [1.82, 2.24) is 0 Å². The molecule has 50 heavy (non-hydrogen) atoms. The standard InChI is InChI=1S/C34H18F14N2/c35-25-27(31(41,42)33(45,46)29(25,37)38)49(21-7-3-1-4-8-21)23-15-11-19(12-16-23)20-13-17-24(18-14-20)50(22-9-5-2-6-10-22)28-26(36)30(39,40)34(47,48)32(28,43)44/h1-18H. The first-order valence-electron chi connectivity index (χ1n) is 14.2. The van der Waals surface area contributed by atoms with Crippen LogP contribution in [0.25, 0.3) is 11.1 Å². The topological polar surface area (TPSA) is 6.48 Å². The van der Waals surface area contributed by atoms with E-state index in [0.717, 1.165) is 48.5 Å². The summed E-state index contributed by atoms with van der Waals surface area (Å²) in [6, 6.07) is 20.8. The van der Waals surface area contributed by atoms with Crippen LogP contribution in [0, 0.1) is 0 Å². The lowest BCUT2D eigenvalue weighted by atomic mass is 10.0. The van der Waals surface area contributed by atoms with Gasteiger partial charge in [-0.3, -0.25) is 0 Å². The molecule has 16 heteroatoms. The molecule has 6 rings (SSSR count). The van der Waals surface area contributed by atoms with Gasteiger partial charge in [0.1, 0.15) is 11.4 Å². The Balaban J connectivity index is 1.40. The maximum absolute atomic E-state index is 14.9. The van der Waals surface area contributed by atoms with Crippen LogP contribution in [-0.2, 0) is 0 Å². The fraction of sp³-hybridized carbons (Fsp3) is 0.176. The monoisotopic (exact) mass is 720 g/mol. The van der Waals surface area contributed by atoms with Crippen LogP contribution in [0.1, 0.15) is 0 Å². The third-order valence-electron chi connectivity index (χ3n) is 8.20. The maximum Gasteiger partial charge on any atom is 0.384 e. The van der Waals surface area contributed by atoms with E-state index in [-0.39, 0.29) is 32.3 Å². The van der Waals surface area contributed by atoms with E-state index < -0.39 is 70.0 Å². The Morgan fingerprint density at radius 3 is 0.820 bits per heavy atom. The van der Waals surface area contributed by atoms with Gasteiger partial charge in [0.25, 0.3) is 0 Å². The molecule has 0 saturated carbocycles. The van der Waals surface area contributed by atoms with E-state index in [1.807, 2.05) is 0 Å². The first-order valence-corrected chi connectivity index (χ1v) is 14.2. The van der Waals surface area contributed by atoms with Crippen LogP contribution in [0.5, 0.6) is 0 Å². The number of nitrogens with zero attached hydrogens (tertiary/aromatic N) is 2. The Kier molecular flexibility index (Phi) is 7.84. The van der Waals surface area contributed by atoms with Crippen LogP contribution in [0.2, 0.25) is 0 Å². The zero-order valence-electron chi connectivity index (χ0n) is 24.6. The average Bonchev–Trinajstić information content (AvgIpc) is 3.23. The van der Waals surface area contributed by atoms with Gasteiger partial charge < -0.3 is 9.80 Å². The molecule has 0 atom stereocenters. The van der Waals surface area contributed by atoms with Crippen molar-refractivity contribution < 1.29 is 61.5 Å². The largest absolute Gasteiger partial charge is 0.384 e. The van der Waals surface area contributed by atoms with Crippen molar-refractivity contribution in [2.24, 2.45) is 0 Å².